The fourth-order valence-corrected chi connectivity index (χ4v) is 0.746. The predicted molar refractivity (Wildman–Crippen MR) is 47.0 cm³/mol. The molecule has 0 bridgehead atoms. The van der Waals surface area contributed by atoms with E-state index in [-0.39, 0.29) is 13.2 Å². The molecule has 0 spiro atoms. The second-order valence-corrected chi connectivity index (χ2v) is 2.94. The van der Waals surface area contributed by atoms with E-state index in [1.165, 1.54) is 6.92 Å². The summed E-state index contributed by atoms with van der Waals surface area (Å²) < 4.78 is 9.12. The van der Waals surface area contributed by atoms with Crippen molar-refractivity contribution in [3.05, 3.63) is 0 Å². The maximum atomic E-state index is 9.29. The molecule has 2 atom stereocenters. The smallest absolute Gasteiger partial charge is 0.430 e. The van der Waals surface area contributed by atoms with Gasteiger partial charge in [-0.05, 0) is 0 Å². The largest absolute Gasteiger partial charge is 0.437 e. The van der Waals surface area contributed by atoms with Crippen LogP contribution in [0.5, 0.6) is 0 Å². The van der Waals surface area contributed by atoms with Crippen LogP contribution in [-0.2, 0) is 9.31 Å². The minimum absolute atomic E-state index is 0.0683. The maximum Gasteiger partial charge on any atom is 0.437 e. The van der Waals surface area contributed by atoms with Crippen molar-refractivity contribution in [1.82, 2.24) is 0 Å². The third-order valence-electron chi connectivity index (χ3n) is 1.71. The van der Waals surface area contributed by atoms with Crippen LogP contribution in [0.15, 0.2) is 0 Å². The molecule has 0 amide bonds. The molecule has 6 nitrogen and oxygen atoms in total. The van der Waals surface area contributed by atoms with Crippen molar-refractivity contribution < 1.29 is 29.6 Å². The SMILES string of the molecule is CC(CO)(COBO)C(O)OBO. The zero-order valence-electron chi connectivity index (χ0n) is 7.51. The second-order valence-electron chi connectivity index (χ2n) is 2.94. The molecule has 13 heavy (non-hydrogen) atoms. The average molecular weight is 192 g/mol. The van der Waals surface area contributed by atoms with Crippen LogP contribution >= 0.6 is 0 Å². The minimum Gasteiger partial charge on any atom is -0.430 e. The minimum atomic E-state index is -1.34. The van der Waals surface area contributed by atoms with Crippen molar-refractivity contribution in [2.45, 2.75) is 13.2 Å². The van der Waals surface area contributed by atoms with E-state index in [4.69, 9.17) is 15.2 Å². The van der Waals surface area contributed by atoms with Gasteiger partial charge in [-0.3, -0.25) is 0 Å². The molecule has 2 unspecified atom stereocenters. The molecule has 0 rings (SSSR count). The van der Waals surface area contributed by atoms with Gasteiger partial charge in [0.2, 0.25) is 0 Å². The van der Waals surface area contributed by atoms with E-state index in [2.05, 4.69) is 9.31 Å². The first-order chi connectivity index (χ1) is 6.10. The first-order valence-electron chi connectivity index (χ1n) is 3.80. The molecule has 0 aliphatic rings. The molecule has 0 aliphatic heterocycles. The van der Waals surface area contributed by atoms with Gasteiger partial charge in [-0.25, -0.2) is 0 Å². The first kappa shape index (κ1) is 12.9. The second kappa shape index (κ2) is 6.36. The predicted octanol–water partition coefficient (Wildman–Crippen LogP) is -3.15. The van der Waals surface area contributed by atoms with Crippen molar-refractivity contribution in [1.29, 1.82) is 0 Å². The average Bonchev–Trinajstić information content (AvgIpc) is 2.14. The summed E-state index contributed by atoms with van der Waals surface area (Å²) in [5.41, 5.74) is -1.05. The fraction of sp³-hybridized carbons (Fsp3) is 1.00. The van der Waals surface area contributed by atoms with Crippen molar-refractivity contribution in [2.24, 2.45) is 5.41 Å². The van der Waals surface area contributed by atoms with Gasteiger partial charge in [-0.15, -0.1) is 0 Å². The number of rotatable bonds is 7. The summed E-state index contributed by atoms with van der Waals surface area (Å²) in [5, 5.41) is 34.9. The lowest BCUT2D eigenvalue weighted by Crippen LogP contribution is -2.42. The van der Waals surface area contributed by atoms with Crippen molar-refractivity contribution >= 4 is 15.4 Å². The Hall–Kier alpha value is -0.110. The lowest BCUT2D eigenvalue weighted by atomic mass is 9.91. The van der Waals surface area contributed by atoms with Gasteiger partial charge in [-0.1, -0.05) is 6.92 Å². The Kier molecular flexibility index (Phi) is 6.31. The van der Waals surface area contributed by atoms with E-state index < -0.39 is 27.1 Å². The van der Waals surface area contributed by atoms with Gasteiger partial charge in [0.25, 0.3) is 0 Å². The van der Waals surface area contributed by atoms with Crippen molar-refractivity contribution in [2.75, 3.05) is 13.2 Å². The van der Waals surface area contributed by atoms with Crippen LogP contribution in [0.25, 0.3) is 0 Å². The van der Waals surface area contributed by atoms with Crippen LogP contribution in [-0.4, -0.2) is 55.1 Å². The summed E-state index contributed by atoms with van der Waals surface area (Å²) in [6, 6.07) is 0. The summed E-state index contributed by atoms with van der Waals surface area (Å²) in [7, 11) is -1.14. The zero-order valence-corrected chi connectivity index (χ0v) is 7.51. The van der Waals surface area contributed by atoms with Crippen LogP contribution in [0.1, 0.15) is 6.92 Å². The van der Waals surface area contributed by atoms with Crippen molar-refractivity contribution in [3.8, 4) is 0 Å². The quantitative estimate of drug-likeness (QED) is 0.251. The molecule has 0 aromatic heterocycles. The van der Waals surface area contributed by atoms with E-state index >= 15 is 0 Å². The lowest BCUT2D eigenvalue weighted by Gasteiger charge is -2.31. The van der Waals surface area contributed by atoms with E-state index in [0.717, 1.165) is 0 Å². The van der Waals surface area contributed by atoms with Crippen LogP contribution in [0, 0.1) is 5.41 Å². The Morgan fingerprint density at radius 1 is 1.38 bits per heavy atom. The van der Waals surface area contributed by atoms with Gasteiger partial charge in [0.05, 0.1) is 12.0 Å². The van der Waals surface area contributed by atoms with E-state index in [9.17, 15) is 5.11 Å². The standard InChI is InChI=1S/C5H14B2O6/c1-5(2-8,3-12-6-10)4(9)13-7-11/h4,6-11H,2-3H2,1H3. The summed E-state index contributed by atoms with van der Waals surface area (Å²) in [6.07, 6.45) is -1.34. The third-order valence-corrected chi connectivity index (χ3v) is 1.71. The number of aliphatic hydroxyl groups is 2. The molecule has 8 heteroatoms. The summed E-state index contributed by atoms with van der Waals surface area (Å²) in [5.74, 6) is 0. The highest BCUT2D eigenvalue weighted by Crippen LogP contribution is 2.21. The topological polar surface area (TPSA) is 99.4 Å². The number of hydrogen-bond acceptors (Lipinski definition) is 6. The maximum absolute atomic E-state index is 9.29. The van der Waals surface area contributed by atoms with Crippen LogP contribution in [0.3, 0.4) is 0 Å². The Balaban J connectivity index is 4.07. The van der Waals surface area contributed by atoms with Crippen molar-refractivity contribution in [3.63, 3.8) is 0 Å². The fourth-order valence-electron chi connectivity index (χ4n) is 0.746. The van der Waals surface area contributed by atoms with Gasteiger partial charge < -0.3 is 29.6 Å². The Labute approximate surface area is 77.7 Å². The molecule has 76 valence electrons. The molecule has 0 aromatic carbocycles. The first-order valence-corrected chi connectivity index (χ1v) is 3.80. The van der Waals surface area contributed by atoms with Gasteiger partial charge in [0.1, 0.15) is 0 Å². The lowest BCUT2D eigenvalue weighted by molar-refractivity contribution is -0.145. The molecule has 0 aromatic rings. The van der Waals surface area contributed by atoms with Gasteiger partial charge in [-0.2, -0.15) is 0 Å². The molecule has 0 saturated carbocycles. The summed E-state index contributed by atoms with van der Waals surface area (Å²) in [4.78, 5) is 0. The highest BCUT2D eigenvalue weighted by atomic mass is 16.6. The molecule has 0 radical (unpaired) electrons. The molecular formula is C5H14B2O6. The third kappa shape index (κ3) is 4.08. The van der Waals surface area contributed by atoms with Gasteiger partial charge in [0, 0.05) is 6.61 Å². The Morgan fingerprint density at radius 3 is 2.38 bits per heavy atom. The zero-order chi connectivity index (χ0) is 10.3. The highest BCUT2D eigenvalue weighted by Gasteiger charge is 2.33. The van der Waals surface area contributed by atoms with Crippen LogP contribution < -0.4 is 0 Å². The van der Waals surface area contributed by atoms with Crippen LogP contribution in [0.2, 0.25) is 0 Å². The molecule has 4 N–H and O–H groups in total. The molecule has 0 aliphatic carbocycles. The number of aliphatic hydroxyl groups excluding tert-OH is 2. The molecule has 0 heterocycles. The van der Waals surface area contributed by atoms with Crippen LogP contribution in [0.4, 0.5) is 0 Å². The monoisotopic (exact) mass is 192 g/mol. The molecule has 0 fully saturated rings. The van der Waals surface area contributed by atoms with E-state index in [0.29, 0.717) is 0 Å². The highest BCUT2D eigenvalue weighted by molar-refractivity contribution is 6.16. The van der Waals surface area contributed by atoms with E-state index in [1.807, 2.05) is 0 Å². The van der Waals surface area contributed by atoms with E-state index in [1.54, 1.807) is 0 Å². The van der Waals surface area contributed by atoms with Gasteiger partial charge in [0.15, 0.2) is 6.29 Å². The molecule has 0 saturated heterocycles. The normalized spacial score (nSPS) is 17.6. The summed E-state index contributed by atoms with van der Waals surface area (Å²) in [6.45, 7) is 1.05. The van der Waals surface area contributed by atoms with Gasteiger partial charge >= 0.3 is 15.4 Å². The Bertz CT molecular complexity index is 136. The number of hydrogen-bond donors (Lipinski definition) is 4. The summed E-state index contributed by atoms with van der Waals surface area (Å²) >= 11 is 0. The molecular weight excluding hydrogens is 178 g/mol. The Morgan fingerprint density at radius 2 is 2.00 bits per heavy atom.